The number of pyridine rings is 1. The summed E-state index contributed by atoms with van der Waals surface area (Å²) in [5.74, 6) is 0.561. The first-order valence-corrected chi connectivity index (χ1v) is 7.82. The molecule has 1 aromatic heterocycles. The van der Waals surface area contributed by atoms with Crippen LogP contribution >= 0.6 is 0 Å². The monoisotopic (exact) mass is 313 g/mol. The zero-order chi connectivity index (χ0) is 16.5. The lowest BCUT2D eigenvalue weighted by Crippen LogP contribution is -2.25. The molecule has 0 aliphatic rings. The van der Waals surface area contributed by atoms with Crippen molar-refractivity contribution in [2.45, 2.75) is 19.8 Å². The van der Waals surface area contributed by atoms with E-state index in [0.717, 1.165) is 18.5 Å². The standard InChI is InChI=1S/C18H23N3O2/c1-3-14-7-4-5-8-16(14)21-17-13-15(9-11-19-17)18(22)20-10-6-12-23-2/h4-5,7-9,11,13H,3,6,10,12H2,1-2H3,(H,19,21)(H,20,22). The van der Waals surface area contributed by atoms with Crippen molar-refractivity contribution in [1.29, 1.82) is 0 Å². The maximum absolute atomic E-state index is 12.1. The van der Waals surface area contributed by atoms with Crippen LogP contribution in [0.2, 0.25) is 0 Å². The van der Waals surface area contributed by atoms with Crippen LogP contribution in [0.15, 0.2) is 42.6 Å². The number of methoxy groups -OCH3 is 1. The van der Waals surface area contributed by atoms with Gasteiger partial charge in [0.1, 0.15) is 5.82 Å². The van der Waals surface area contributed by atoms with Gasteiger partial charge in [-0.15, -0.1) is 0 Å². The van der Waals surface area contributed by atoms with E-state index in [1.165, 1.54) is 5.56 Å². The van der Waals surface area contributed by atoms with E-state index in [9.17, 15) is 4.79 Å². The smallest absolute Gasteiger partial charge is 0.251 e. The number of benzene rings is 1. The molecule has 0 radical (unpaired) electrons. The summed E-state index contributed by atoms with van der Waals surface area (Å²) < 4.78 is 4.97. The van der Waals surface area contributed by atoms with Crippen molar-refractivity contribution in [3.8, 4) is 0 Å². The normalized spacial score (nSPS) is 10.3. The van der Waals surface area contributed by atoms with Gasteiger partial charge >= 0.3 is 0 Å². The summed E-state index contributed by atoms with van der Waals surface area (Å²) in [6, 6.07) is 11.6. The largest absolute Gasteiger partial charge is 0.385 e. The summed E-state index contributed by atoms with van der Waals surface area (Å²) in [5, 5.41) is 6.16. The molecule has 5 nitrogen and oxygen atoms in total. The minimum absolute atomic E-state index is 0.102. The van der Waals surface area contributed by atoms with Gasteiger partial charge in [0.05, 0.1) is 0 Å². The molecule has 0 fully saturated rings. The third-order valence-corrected chi connectivity index (χ3v) is 3.49. The molecule has 0 unspecified atom stereocenters. The SMILES string of the molecule is CCc1ccccc1Nc1cc(C(=O)NCCCOC)ccn1. The summed E-state index contributed by atoms with van der Waals surface area (Å²) in [7, 11) is 1.65. The van der Waals surface area contributed by atoms with Gasteiger partial charge in [0, 0.05) is 37.7 Å². The molecule has 0 saturated carbocycles. The number of nitrogens with one attached hydrogen (secondary N) is 2. The summed E-state index contributed by atoms with van der Waals surface area (Å²) in [6.07, 6.45) is 3.37. The van der Waals surface area contributed by atoms with E-state index in [1.807, 2.05) is 18.2 Å². The minimum atomic E-state index is -0.102. The zero-order valence-corrected chi connectivity index (χ0v) is 13.6. The van der Waals surface area contributed by atoms with Crippen molar-refractivity contribution >= 4 is 17.4 Å². The Morgan fingerprint density at radius 3 is 2.87 bits per heavy atom. The first-order valence-electron chi connectivity index (χ1n) is 7.82. The number of nitrogens with zero attached hydrogens (tertiary/aromatic N) is 1. The fourth-order valence-electron chi connectivity index (χ4n) is 2.25. The molecule has 0 aliphatic carbocycles. The van der Waals surface area contributed by atoms with E-state index in [1.54, 1.807) is 25.4 Å². The van der Waals surface area contributed by atoms with Gasteiger partial charge < -0.3 is 15.4 Å². The van der Waals surface area contributed by atoms with Crippen molar-refractivity contribution in [1.82, 2.24) is 10.3 Å². The number of rotatable bonds is 8. The van der Waals surface area contributed by atoms with Gasteiger partial charge in [0.15, 0.2) is 0 Å². The Labute approximate surface area is 137 Å². The number of carbonyl (C=O) groups excluding carboxylic acids is 1. The Morgan fingerprint density at radius 2 is 2.09 bits per heavy atom. The predicted octanol–water partition coefficient (Wildman–Crippen LogP) is 3.15. The average Bonchev–Trinajstić information content (AvgIpc) is 2.59. The van der Waals surface area contributed by atoms with Crippen LogP contribution in [0.3, 0.4) is 0 Å². The van der Waals surface area contributed by atoms with Crippen LogP contribution in [0.1, 0.15) is 29.3 Å². The number of amides is 1. The molecule has 1 aromatic carbocycles. The van der Waals surface area contributed by atoms with Crippen molar-refractivity contribution in [3.05, 3.63) is 53.7 Å². The number of aromatic nitrogens is 1. The molecule has 2 N–H and O–H groups in total. The minimum Gasteiger partial charge on any atom is -0.385 e. The highest BCUT2D eigenvalue weighted by molar-refractivity contribution is 5.94. The molecule has 0 bridgehead atoms. The van der Waals surface area contributed by atoms with Crippen LogP contribution in [-0.4, -0.2) is 31.2 Å². The van der Waals surface area contributed by atoms with Gasteiger partial charge in [-0.1, -0.05) is 25.1 Å². The average molecular weight is 313 g/mol. The molecular weight excluding hydrogens is 290 g/mol. The Bertz CT molecular complexity index is 644. The highest BCUT2D eigenvalue weighted by atomic mass is 16.5. The van der Waals surface area contributed by atoms with Gasteiger partial charge in [-0.25, -0.2) is 4.98 Å². The highest BCUT2D eigenvalue weighted by Crippen LogP contribution is 2.20. The molecule has 0 spiro atoms. The Morgan fingerprint density at radius 1 is 1.26 bits per heavy atom. The number of ether oxygens (including phenoxy) is 1. The Balaban J connectivity index is 2.03. The lowest BCUT2D eigenvalue weighted by Gasteiger charge is -2.11. The molecule has 0 saturated heterocycles. The molecule has 0 atom stereocenters. The molecule has 1 heterocycles. The lowest BCUT2D eigenvalue weighted by atomic mass is 10.1. The maximum atomic E-state index is 12.1. The highest BCUT2D eigenvalue weighted by Gasteiger charge is 2.07. The van der Waals surface area contributed by atoms with Crippen LogP contribution < -0.4 is 10.6 Å². The lowest BCUT2D eigenvalue weighted by molar-refractivity contribution is 0.0948. The molecule has 1 amide bonds. The van der Waals surface area contributed by atoms with Crippen molar-refractivity contribution in [2.24, 2.45) is 0 Å². The fraction of sp³-hybridized carbons (Fsp3) is 0.333. The van der Waals surface area contributed by atoms with Gasteiger partial charge in [-0.3, -0.25) is 4.79 Å². The molecular formula is C18H23N3O2. The molecule has 23 heavy (non-hydrogen) atoms. The number of anilines is 2. The van der Waals surface area contributed by atoms with E-state index < -0.39 is 0 Å². The van der Waals surface area contributed by atoms with Crippen LogP contribution in [0.5, 0.6) is 0 Å². The number of hydrogen-bond donors (Lipinski definition) is 2. The van der Waals surface area contributed by atoms with Crippen LogP contribution in [-0.2, 0) is 11.2 Å². The summed E-state index contributed by atoms with van der Waals surface area (Å²) in [4.78, 5) is 16.4. The fourth-order valence-corrected chi connectivity index (χ4v) is 2.25. The van der Waals surface area contributed by atoms with Crippen molar-refractivity contribution < 1.29 is 9.53 Å². The second-order valence-electron chi connectivity index (χ2n) is 5.17. The van der Waals surface area contributed by atoms with Gasteiger partial charge in [-0.2, -0.15) is 0 Å². The van der Waals surface area contributed by atoms with Gasteiger partial charge in [0.2, 0.25) is 0 Å². The predicted molar refractivity (Wildman–Crippen MR) is 92.2 cm³/mol. The molecule has 122 valence electrons. The number of carbonyl (C=O) groups is 1. The first-order chi connectivity index (χ1) is 11.2. The Kier molecular flexibility index (Phi) is 6.56. The van der Waals surface area contributed by atoms with Gasteiger partial charge in [0.25, 0.3) is 5.91 Å². The maximum Gasteiger partial charge on any atom is 0.251 e. The quantitative estimate of drug-likeness (QED) is 0.735. The first kappa shape index (κ1) is 17.0. The third-order valence-electron chi connectivity index (χ3n) is 3.49. The Hall–Kier alpha value is -2.40. The van der Waals surface area contributed by atoms with E-state index in [-0.39, 0.29) is 5.91 Å². The van der Waals surface area contributed by atoms with E-state index >= 15 is 0 Å². The molecule has 0 aliphatic heterocycles. The van der Waals surface area contributed by atoms with Crippen molar-refractivity contribution in [3.63, 3.8) is 0 Å². The van der Waals surface area contributed by atoms with E-state index in [4.69, 9.17) is 4.74 Å². The second kappa shape index (κ2) is 8.90. The zero-order valence-electron chi connectivity index (χ0n) is 13.6. The van der Waals surface area contributed by atoms with Crippen LogP contribution in [0.25, 0.3) is 0 Å². The summed E-state index contributed by atoms with van der Waals surface area (Å²) in [5.41, 5.74) is 2.82. The molecule has 2 rings (SSSR count). The summed E-state index contributed by atoms with van der Waals surface area (Å²) in [6.45, 7) is 3.34. The summed E-state index contributed by atoms with van der Waals surface area (Å²) >= 11 is 0. The number of hydrogen-bond acceptors (Lipinski definition) is 4. The van der Waals surface area contributed by atoms with Crippen LogP contribution in [0, 0.1) is 0 Å². The number of aryl methyl sites for hydroxylation is 1. The number of para-hydroxylation sites is 1. The van der Waals surface area contributed by atoms with Crippen LogP contribution in [0.4, 0.5) is 11.5 Å². The topological polar surface area (TPSA) is 63.2 Å². The van der Waals surface area contributed by atoms with E-state index in [2.05, 4.69) is 28.6 Å². The van der Waals surface area contributed by atoms with E-state index in [0.29, 0.717) is 24.5 Å². The second-order valence-corrected chi connectivity index (χ2v) is 5.17. The molecule has 5 heteroatoms. The third kappa shape index (κ3) is 5.07. The molecule has 2 aromatic rings. The van der Waals surface area contributed by atoms with Crippen molar-refractivity contribution in [2.75, 3.05) is 25.6 Å². The van der Waals surface area contributed by atoms with Gasteiger partial charge in [-0.05, 0) is 36.6 Å².